The fourth-order valence-electron chi connectivity index (χ4n) is 3.37. The normalized spacial score (nSPS) is 19.6. The van der Waals surface area contributed by atoms with Crippen molar-refractivity contribution in [2.45, 2.75) is 64.8 Å². The van der Waals surface area contributed by atoms with Gasteiger partial charge in [-0.05, 0) is 31.6 Å². The molecule has 4 heteroatoms. The van der Waals surface area contributed by atoms with Crippen LogP contribution in [0.1, 0.15) is 67.7 Å². The second-order valence-electron chi connectivity index (χ2n) is 6.53. The van der Waals surface area contributed by atoms with Gasteiger partial charge in [-0.2, -0.15) is 0 Å². The van der Waals surface area contributed by atoms with Crippen LogP contribution in [0.2, 0.25) is 0 Å². The monoisotopic (exact) mass is 292 g/mol. The molecule has 0 radical (unpaired) electrons. The Kier molecular flexibility index (Phi) is 4.11. The summed E-state index contributed by atoms with van der Waals surface area (Å²) < 4.78 is 0. The Hall–Kier alpha value is -0.900. The van der Waals surface area contributed by atoms with Crippen LogP contribution in [-0.2, 0) is 6.42 Å². The first-order valence-electron chi connectivity index (χ1n) is 7.94. The van der Waals surface area contributed by atoms with E-state index < -0.39 is 0 Å². The second kappa shape index (κ2) is 5.84. The summed E-state index contributed by atoms with van der Waals surface area (Å²) >= 11 is 1.77. The van der Waals surface area contributed by atoms with Gasteiger partial charge in [-0.3, -0.25) is 4.79 Å². The number of aryl methyl sites for hydroxylation is 1. The number of carbonyl (C=O) groups is 1. The lowest BCUT2D eigenvalue weighted by molar-refractivity contribution is 0.0968. The van der Waals surface area contributed by atoms with Crippen molar-refractivity contribution in [3.63, 3.8) is 0 Å². The van der Waals surface area contributed by atoms with E-state index in [1.54, 1.807) is 11.3 Å². The molecule has 2 aliphatic carbocycles. The largest absolute Gasteiger partial charge is 0.345 e. The standard InChI is InChI=1S/C16H24N2OS/c1-11(2)10-18(12-6-3-4-7-12)16-17-15-13(19)8-5-9-14(15)20-16/h11-12H,3-10H2,1-2H3. The molecule has 110 valence electrons. The summed E-state index contributed by atoms with van der Waals surface area (Å²) in [7, 11) is 0. The molecular formula is C16H24N2OS. The Balaban J connectivity index is 1.88. The molecule has 2 aliphatic rings. The molecule has 1 saturated carbocycles. The molecular weight excluding hydrogens is 268 g/mol. The molecule has 1 aromatic rings. The maximum atomic E-state index is 12.0. The smallest absolute Gasteiger partial charge is 0.186 e. The van der Waals surface area contributed by atoms with E-state index in [4.69, 9.17) is 4.98 Å². The molecule has 0 amide bonds. The Morgan fingerprint density at radius 1 is 1.25 bits per heavy atom. The van der Waals surface area contributed by atoms with E-state index in [0.29, 0.717) is 18.4 Å². The predicted octanol–water partition coefficient (Wildman–Crippen LogP) is 4.07. The number of thiazole rings is 1. The van der Waals surface area contributed by atoms with Gasteiger partial charge in [0.25, 0.3) is 0 Å². The fourth-order valence-corrected chi connectivity index (χ4v) is 4.57. The van der Waals surface area contributed by atoms with Crippen LogP contribution in [-0.4, -0.2) is 23.4 Å². The van der Waals surface area contributed by atoms with Crippen LogP contribution in [0.3, 0.4) is 0 Å². The SMILES string of the molecule is CC(C)CN(c1nc2c(s1)CCCC2=O)C1CCCC1. The van der Waals surface area contributed by atoms with E-state index in [2.05, 4.69) is 18.7 Å². The third-order valence-electron chi connectivity index (χ3n) is 4.33. The van der Waals surface area contributed by atoms with Crippen molar-refractivity contribution in [2.75, 3.05) is 11.4 Å². The number of ketones is 1. The van der Waals surface area contributed by atoms with Crippen LogP contribution < -0.4 is 4.90 Å². The molecule has 0 spiro atoms. The number of hydrogen-bond acceptors (Lipinski definition) is 4. The third-order valence-corrected chi connectivity index (χ3v) is 5.48. The van der Waals surface area contributed by atoms with Crippen LogP contribution in [0.4, 0.5) is 5.13 Å². The highest BCUT2D eigenvalue weighted by atomic mass is 32.1. The first-order valence-corrected chi connectivity index (χ1v) is 8.76. The summed E-state index contributed by atoms with van der Waals surface area (Å²) in [5.41, 5.74) is 0.781. The van der Waals surface area contributed by atoms with Crippen LogP contribution >= 0.6 is 11.3 Å². The zero-order valence-corrected chi connectivity index (χ0v) is 13.3. The number of aromatic nitrogens is 1. The Labute approximate surface area is 125 Å². The number of carbonyl (C=O) groups excluding carboxylic acids is 1. The van der Waals surface area contributed by atoms with Crippen molar-refractivity contribution in [3.05, 3.63) is 10.6 Å². The predicted molar refractivity (Wildman–Crippen MR) is 83.8 cm³/mol. The minimum atomic E-state index is 0.254. The molecule has 0 bridgehead atoms. The lowest BCUT2D eigenvalue weighted by atomic mass is 10.0. The van der Waals surface area contributed by atoms with Gasteiger partial charge in [0.15, 0.2) is 10.9 Å². The zero-order chi connectivity index (χ0) is 14.1. The molecule has 0 unspecified atom stereocenters. The van der Waals surface area contributed by atoms with E-state index in [0.717, 1.165) is 30.2 Å². The van der Waals surface area contributed by atoms with Gasteiger partial charge in [0, 0.05) is 23.9 Å². The van der Waals surface area contributed by atoms with Gasteiger partial charge >= 0.3 is 0 Å². The highest BCUT2D eigenvalue weighted by Gasteiger charge is 2.29. The van der Waals surface area contributed by atoms with Crippen LogP contribution in [0.5, 0.6) is 0 Å². The first kappa shape index (κ1) is 14.1. The van der Waals surface area contributed by atoms with Crippen molar-refractivity contribution < 1.29 is 4.79 Å². The quantitative estimate of drug-likeness (QED) is 0.839. The lowest BCUT2D eigenvalue weighted by Crippen LogP contribution is -2.36. The van der Waals surface area contributed by atoms with Gasteiger partial charge in [0.05, 0.1) is 0 Å². The minimum absolute atomic E-state index is 0.254. The number of nitrogens with zero attached hydrogens (tertiary/aromatic N) is 2. The van der Waals surface area contributed by atoms with Gasteiger partial charge in [-0.25, -0.2) is 4.98 Å². The van der Waals surface area contributed by atoms with Crippen LogP contribution in [0.25, 0.3) is 0 Å². The van der Waals surface area contributed by atoms with Gasteiger partial charge in [-0.15, -0.1) is 11.3 Å². The third kappa shape index (κ3) is 2.76. The molecule has 20 heavy (non-hydrogen) atoms. The summed E-state index contributed by atoms with van der Waals surface area (Å²) in [6, 6.07) is 0.639. The molecule has 1 aromatic heterocycles. The second-order valence-corrected chi connectivity index (χ2v) is 7.59. The molecule has 3 nitrogen and oxygen atoms in total. The summed E-state index contributed by atoms with van der Waals surface area (Å²) in [5.74, 6) is 0.886. The molecule has 0 saturated heterocycles. The zero-order valence-electron chi connectivity index (χ0n) is 12.5. The molecule has 3 rings (SSSR count). The van der Waals surface area contributed by atoms with Gasteiger partial charge in [0.2, 0.25) is 0 Å². The maximum Gasteiger partial charge on any atom is 0.186 e. The highest BCUT2D eigenvalue weighted by Crippen LogP contribution is 2.36. The van der Waals surface area contributed by atoms with Gasteiger partial charge in [0.1, 0.15) is 5.69 Å². The summed E-state index contributed by atoms with van der Waals surface area (Å²) in [6.07, 6.45) is 7.96. The molecule has 1 fully saturated rings. The average Bonchev–Trinajstić information content (AvgIpc) is 3.05. The summed E-state index contributed by atoms with van der Waals surface area (Å²) in [4.78, 5) is 20.4. The van der Waals surface area contributed by atoms with Crippen molar-refractivity contribution in [2.24, 2.45) is 5.92 Å². The Morgan fingerprint density at radius 3 is 2.65 bits per heavy atom. The number of Topliss-reactive ketones (excluding diaryl/α,β-unsaturated/α-hetero) is 1. The maximum absolute atomic E-state index is 12.0. The minimum Gasteiger partial charge on any atom is -0.345 e. The molecule has 0 aliphatic heterocycles. The van der Waals surface area contributed by atoms with Crippen molar-refractivity contribution in [3.8, 4) is 0 Å². The highest BCUT2D eigenvalue weighted by molar-refractivity contribution is 7.16. The molecule has 1 heterocycles. The number of rotatable bonds is 4. The van der Waals surface area contributed by atoms with Crippen LogP contribution in [0, 0.1) is 5.92 Å². The molecule has 0 N–H and O–H groups in total. The number of anilines is 1. The topological polar surface area (TPSA) is 33.2 Å². The van der Waals surface area contributed by atoms with E-state index in [9.17, 15) is 4.79 Å². The van der Waals surface area contributed by atoms with E-state index in [1.165, 1.54) is 30.6 Å². The van der Waals surface area contributed by atoms with Crippen molar-refractivity contribution >= 4 is 22.3 Å². The van der Waals surface area contributed by atoms with Crippen molar-refractivity contribution in [1.82, 2.24) is 4.98 Å². The van der Waals surface area contributed by atoms with Gasteiger partial charge in [-0.1, -0.05) is 26.7 Å². The summed E-state index contributed by atoms with van der Waals surface area (Å²) in [5, 5.41) is 1.10. The fraction of sp³-hybridized carbons (Fsp3) is 0.750. The Bertz CT molecular complexity index is 489. The van der Waals surface area contributed by atoms with Crippen molar-refractivity contribution in [1.29, 1.82) is 0 Å². The van der Waals surface area contributed by atoms with Crippen LogP contribution in [0.15, 0.2) is 0 Å². The molecule has 0 atom stereocenters. The van der Waals surface area contributed by atoms with E-state index >= 15 is 0 Å². The Morgan fingerprint density at radius 2 is 2.00 bits per heavy atom. The lowest BCUT2D eigenvalue weighted by Gasteiger charge is -2.30. The average molecular weight is 292 g/mol. The van der Waals surface area contributed by atoms with Gasteiger partial charge < -0.3 is 4.90 Å². The first-order chi connectivity index (χ1) is 9.65. The molecule has 0 aromatic carbocycles. The number of hydrogen-bond donors (Lipinski definition) is 0. The van der Waals surface area contributed by atoms with E-state index in [1.807, 2.05) is 0 Å². The summed E-state index contributed by atoms with van der Waals surface area (Å²) in [6.45, 7) is 5.59. The number of fused-ring (bicyclic) bond motifs is 1. The van der Waals surface area contributed by atoms with E-state index in [-0.39, 0.29) is 5.78 Å².